The molecule has 0 aromatic carbocycles. The SMILES string of the molecule is CC/C=C(/NCCCCCC=O)C(C(=O)N(C=O)C(CCC=O)C(=O)NC)=C(C)C. The van der Waals surface area contributed by atoms with Crippen LogP contribution in [-0.2, 0) is 24.0 Å². The highest BCUT2D eigenvalue weighted by atomic mass is 16.2. The van der Waals surface area contributed by atoms with Gasteiger partial charge in [-0.05, 0) is 39.5 Å². The Kier molecular flexibility index (Phi) is 14.6. The highest BCUT2D eigenvalue weighted by Crippen LogP contribution is 2.19. The molecule has 0 fully saturated rings. The van der Waals surface area contributed by atoms with E-state index in [0.29, 0.717) is 48.9 Å². The number of rotatable bonds is 16. The second-order valence-electron chi connectivity index (χ2n) is 7.04. The van der Waals surface area contributed by atoms with Crippen LogP contribution < -0.4 is 10.6 Å². The lowest BCUT2D eigenvalue weighted by Gasteiger charge is -2.27. The Hall–Kier alpha value is -2.77. The Bertz CT molecular complexity index is 651. The highest BCUT2D eigenvalue weighted by Gasteiger charge is 2.32. The summed E-state index contributed by atoms with van der Waals surface area (Å²) < 4.78 is 0. The lowest BCUT2D eigenvalue weighted by atomic mass is 10.0. The van der Waals surface area contributed by atoms with E-state index in [1.807, 2.05) is 13.0 Å². The minimum absolute atomic E-state index is 0.0521. The monoisotopic (exact) mass is 421 g/mol. The number of carbonyl (C=O) groups is 5. The van der Waals surface area contributed by atoms with Gasteiger partial charge in [0.25, 0.3) is 5.91 Å². The first kappa shape index (κ1) is 27.2. The third kappa shape index (κ3) is 9.15. The van der Waals surface area contributed by atoms with Gasteiger partial charge in [-0.25, -0.2) is 0 Å². The lowest BCUT2D eigenvalue weighted by Crippen LogP contribution is -2.49. The standard InChI is InChI=1S/C22H35N3O5/c1-5-11-18(24-13-8-6-7-9-14-26)20(17(2)3)22(30)25(16-28)19(12-10-15-27)21(29)23-4/h11,14-16,19,24H,5-10,12-13H2,1-4H3,(H,23,29)/b18-11+. The number of nitrogens with one attached hydrogen (secondary N) is 2. The number of allylic oxidation sites excluding steroid dienone is 2. The number of imide groups is 1. The molecule has 0 aliphatic rings. The summed E-state index contributed by atoms with van der Waals surface area (Å²) in [4.78, 5) is 59.4. The third-order valence-electron chi connectivity index (χ3n) is 4.50. The molecule has 0 bridgehead atoms. The molecule has 168 valence electrons. The summed E-state index contributed by atoms with van der Waals surface area (Å²) in [6, 6.07) is -1.06. The van der Waals surface area contributed by atoms with Gasteiger partial charge in [0.15, 0.2) is 0 Å². The molecule has 1 unspecified atom stereocenters. The smallest absolute Gasteiger partial charge is 0.263 e. The van der Waals surface area contributed by atoms with Crippen molar-refractivity contribution in [1.82, 2.24) is 15.5 Å². The van der Waals surface area contributed by atoms with Gasteiger partial charge >= 0.3 is 0 Å². The van der Waals surface area contributed by atoms with E-state index in [2.05, 4.69) is 10.6 Å². The lowest BCUT2D eigenvalue weighted by molar-refractivity contribution is -0.144. The summed E-state index contributed by atoms with van der Waals surface area (Å²) >= 11 is 0. The average molecular weight is 422 g/mol. The van der Waals surface area contributed by atoms with Gasteiger partial charge in [0, 0.05) is 32.1 Å². The fraction of sp³-hybridized carbons (Fsp3) is 0.591. The summed E-state index contributed by atoms with van der Waals surface area (Å²) in [6.45, 7) is 6.09. The summed E-state index contributed by atoms with van der Waals surface area (Å²) in [7, 11) is 1.42. The molecule has 0 spiro atoms. The number of hydrogen-bond donors (Lipinski definition) is 2. The van der Waals surface area contributed by atoms with Crippen molar-refractivity contribution in [3.63, 3.8) is 0 Å². The third-order valence-corrected chi connectivity index (χ3v) is 4.50. The molecule has 0 rings (SSSR count). The normalized spacial score (nSPS) is 11.8. The maximum absolute atomic E-state index is 13.3. The molecule has 0 saturated heterocycles. The molecule has 8 heteroatoms. The molecular formula is C22H35N3O5. The molecule has 3 amide bonds. The minimum Gasteiger partial charge on any atom is -0.385 e. The van der Waals surface area contributed by atoms with E-state index in [4.69, 9.17) is 0 Å². The predicted molar refractivity (Wildman–Crippen MR) is 115 cm³/mol. The van der Waals surface area contributed by atoms with E-state index in [-0.39, 0.29) is 12.8 Å². The summed E-state index contributed by atoms with van der Waals surface area (Å²) in [5, 5.41) is 5.71. The van der Waals surface area contributed by atoms with Gasteiger partial charge < -0.3 is 20.2 Å². The van der Waals surface area contributed by atoms with Crippen LogP contribution in [0, 0.1) is 0 Å². The van der Waals surface area contributed by atoms with E-state index in [1.165, 1.54) is 7.05 Å². The van der Waals surface area contributed by atoms with Crippen LogP contribution in [0.1, 0.15) is 65.7 Å². The number of nitrogens with zero attached hydrogens (tertiary/aromatic N) is 1. The Balaban J connectivity index is 5.65. The number of aldehydes is 2. The number of likely N-dealkylation sites (N-methyl/N-ethyl adjacent to an activating group) is 1. The van der Waals surface area contributed by atoms with Crippen molar-refractivity contribution in [1.29, 1.82) is 0 Å². The molecule has 1 atom stereocenters. The van der Waals surface area contributed by atoms with Crippen LogP contribution in [0.25, 0.3) is 0 Å². The van der Waals surface area contributed by atoms with E-state index in [1.54, 1.807) is 13.8 Å². The van der Waals surface area contributed by atoms with Gasteiger partial charge in [0.1, 0.15) is 18.6 Å². The van der Waals surface area contributed by atoms with Crippen molar-refractivity contribution in [2.75, 3.05) is 13.6 Å². The maximum atomic E-state index is 13.3. The second kappa shape index (κ2) is 16.1. The Morgan fingerprint density at radius 1 is 1.00 bits per heavy atom. The summed E-state index contributed by atoms with van der Waals surface area (Å²) in [5.41, 5.74) is 1.64. The largest absolute Gasteiger partial charge is 0.385 e. The maximum Gasteiger partial charge on any atom is 0.263 e. The number of unbranched alkanes of at least 4 members (excludes halogenated alkanes) is 3. The van der Waals surface area contributed by atoms with Crippen LogP contribution in [0.15, 0.2) is 22.9 Å². The first-order valence-electron chi connectivity index (χ1n) is 10.4. The molecule has 0 aromatic rings. The van der Waals surface area contributed by atoms with Crippen LogP contribution >= 0.6 is 0 Å². The van der Waals surface area contributed by atoms with Gasteiger partial charge in [-0.2, -0.15) is 0 Å². The van der Waals surface area contributed by atoms with Crippen LogP contribution in [0.4, 0.5) is 0 Å². The summed E-state index contributed by atoms with van der Waals surface area (Å²) in [6.07, 6.45) is 7.61. The van der Waals surface area contributed by atoms with Crippen molar-refractivity contribution < 1.29 is 24.0 Å². The van der Waals surface area contributed by atoms with E-state index in [9.17, 15) is 24.0 Å². The first-order valence-corrected chi connectivity index (χ1v) is 10.4. The van der Waals surface area contributed by atoms with E-state index < -0.39 is 17.9 Å². The minimum atomic E-state index is -1.06. The first-order chi connectivity index (χ1) is 14.4. The van der Waals surface area contributed by atoms with Crippen molar-refractivity contribution >= 4 is 30.8 Å². The van der Waals surface area contributed by atoms with Crippen molar-refractivity contribution in [3.05, 3.63) is 22.9 Å². The van der Waals surface area contributed by atoms with Crippen LogP contribution in [0.2, 0.25) is 0 Å². The summed E-state index contributed by atoms with van der Waals surface area (Å²) in [5.74, 6) is -1.09. The molecular weight excluding hydrogens is 386 g/mol. The zero-order valence-corrected chi connectivity index (χ0v) is 18.5. The van der Waals surface area contributed by atoms with Gasteiger partial charge in [0.05, 0.1) is 5.57 Å². The van der Waals surface area contributed by atoms with Crippen LogP contribution in [0.5, 0.6) is 0 Å². The molecule has 0 aromatic heterocycles. The van der Waals surface area contributed by atoms with E-state index >= 15 is 0 Å². The second-order valence-corrected chi connectivity index (χ2v) is 7.04. The Morgan fingerprint density at radius 2 is 1.67 bits per heavy atom. The molecule has 0 aliphatic carbocycles. The molecule has 0 heterocycles. The van der Waals surface area contributed by atoms with Crippen LogP contribution in [-0.4, -0.2) is 55.3 Å². The average Bonchev–Trinajstić information content (AvgIpc) is 2.72. The van der Waals surface area contributed by atoms with Gasteiger partial charge in [-0.3, -0.25) is 19.3 Å². The number of carbonyl (C=O) groups excluding carboxylic acids is 5. The molecule has 2 N–H and O–H groups in total. The Morgan fingerprint density at radius 3 is 2.17 bits per heavy atom. The van der Waals surface area contributed by atoms with Crippen molar-refractivity contribution in [3.8, 4) is 0 Å². The van der Waals surface area contributed by atoms with Gasteiger partial charge in [0.2, 0.25) is 12.3 Å². The molecule has 0 aliphatic heterocycles. The van der Waals surface area contributed by atoms with Crippen molar-refractivity contribution in [2.24, 2.45) is 0 Å². The number of hydrogen-bond acceptors (Lipinski definition) is 6. The zero-order chi connectivity index (χ0) is 22.9. The predicted octanol–water partition coefficient (Wildman–Crippen LogP) is 2.04. The molecule has 30 heavy (non-hydrogen) atoms. The van der Waals surface area contributed by atoms with Crippen molar-refractivity contribution in [2.45, 2.75) is 71.8 Å². The molecule has 8 nitrogen and oxygen atoms in total. The fourth-order valence-corrected chi connectivity index (χ4v) is 3.00. The number of amides is 3. The van der Waals surface area contributed by atoms with Gasteiger partial charge in [-0.15, -0.1) is 0 Å². The molecule has 0 saturated carbocycles. The van der Waals surface area contributed by atoms with Gasteiger partial charge in [-0.1, -0.05) is 25.0 Å². The molecule has 0 radical (unpaired) electrons. The van der Waals surface area contributed by atoms with E-state index in [0.717, 1.165) is 30.4 Å². The fourth-order valence-electron chi connectivity index (χ4n) is 3.00. The zero-order valence-electron chi connectivity index (χ0n) is 18.5. The topological polar surface area (TPSA) is 113 Å². The van der Waals surface area contributed by atoms with Crippen LogP contribution in [0.3, 0.4) is 0 Å². The Labute approximate surface area is 179 Å². The quantitative estimate of drug-likeness (QED) is 0.171. The highest BCUT2D eigenvalue weighted by molar-refractivity contribution is 6.05.